The topological polar surface area (TPSA) is 68.0 Å². The Hall–Kier alpha value is -0.490. The van der Waals surface area contributed by atoms with Crippen LogP contribution in [0.2, 0.25) is 0 Å². The Morgan fingerprint density at radius 1 is 1.48 bits per heavy atom. The van der Waals surface area contributed by atoms with E-state index in [2.05, 4.69) is 10.3 Å². The summed E-state index contributed by atoms with van der Waals surface area (Å²) >= 11 is 1.58. The van der Waals surface area contributed by atoms with Gasteiger partial charge in [0.05, 0.1) is 17.0 Å². The molecule has 1 unspecified atom stereocenters. The van der Waals surface area contributed by atoms with Crippen LogP contribution in [-0.2, 0) is 10.5 Å². The van der Waals surface area contributed by atoms with Crippen molar-refractivity contribution in [3.63, 3.8) is 0 Å². The average molecular weight is 352 g/mol. The molecular weight excluding hydrogens is 329 g/mol. The number of pyridine rings is 1. The zero-order valence-corrected chi connectivity index (χ0v) is 14.5. The molecule has 1 fully saturated rings. The van der Waals surface area contributed by atoms with Crippen LogP contribution < -0.4 is 11.1 Å². The Morgan fingerprint density at radius 2 is 2.19 bits per heavy atom. The summed E-state index contributed by atoms with van der Waals surface area (Å²) in [5.74, 6) is 1.85. The van der Waals surface area contributed by atoms with Crippen molar-refractivity contribution in [2.45, 2.75) is 31.1 Å². The van der Waals surface area contributed by atoms with Crippen LogP contribution in [0.25, 0.3) is 0 Å². The first kappa shape index (κ1) is 20.5. The van der Waals surface area contributed by atoms with Crippen LogP contribution in [0.5, 0.6) is 0 Å². The summed E-state index contributed by atoms with van der Waals surface area (Å²) < 4.78 is 0. The van der Waals surface area contributed by atoms with Crippen molar-refractivity contribution in [3.8, 4) is 0 Å². The largest absolute Gasteiger partial charge is 0.349 e. The number of rotatable bonds is 7. The molecule has 21 heavy (non-hydrogen) atoms. The maximum absolute atomic E-state index is 11.9. The molecule has 4 nitrogen and oxygen atoms in total. The Balaban J connectivity index is 0.00000200. The lowest BCUT2D eigenvalue weighted by molar-refractivity contribution is -0.120. The molecule has 120 valence electrons. The van der Waals surface area contributed by atoms with Crippen LogP contribution in [0.1, 0.15) is 25.5 Å². The highest BCUT2D eigenvalue weighted by Crippen LogP contribution is 2.38. The minimum absolute atomic E-state index is 0. The minimum atomic E-state index is -0.220. The first-order chi connectivity index (χ1) is 9.14. The summed E-state index contributed by atoms with van der Waals surface area (Å²) in [6, 6.07) is 5.82. The second kappa shape index (κ2) is 9.51. The second-order valence-corrected chi connectivity index (χ2v) is 6.24. The standard InChI is InChI=1S/C14H21N3OS.2ClH/c1-14(10-15,11-5-6-11)17-13(18)9-19-8-12-4-2-3-7-16-12;;/h2-4,7,11H,5-6,8-10,15H2,1H3,(H,17,18);2*1H. The summed E-state index contributed by atoms with van der Waals surface area (Å²) in [4.78, 5) is 16.2. The molecule has 1 atom stereocenters. The number of thioether (sulfide) groups is 1. The fourth-order valence-corrected chi connectivity index (χ4v) is 2.87. The SMILES string of the molecule is CC(CN)(NC(=O)CSCc1ccccn1)C1CC1.Cl.Cl. The van der Waals surface area contributed by atoms with E-state index in [0.29, 0.717) is 18.2 Å². The van der Waals surface area contributed by atoms with Gasteiger partial charge in [-0.15, -0.1) is 36.6 Å². The molecule has 2 rings (SSSR count). The molecule has 0 aliphatic heterocycles. The van der Waals surface area contributed by atoms with Crippen molar-refractivity contribution in [1.29, 1.82) is 0 Å². The molecule has 0 saturated heterocycles. The van der Waals surface area contributed by atoms with Crippen molar-refractivity contribution >= 4 is 42.5 Å². The lowest BCUT2D eigenvalue weighted by atomic mass is 9.96. The minimum Gasteiger partial charge on any atom is -0.349 e. The van der Waals surface area contributed by atoms with Gasteiger partial charge in [0.1, 0.15) is 0 Å². The molecule has 1 aliphatic rings. The fraction of sp³-hybridized carbons (Fsp3) is 0.571. The third kappa shape index (κ3) is 6.43. The molecule has 1 amide bonds. The lowest BCUT2D eigenvalue weighted by Crippen LogP contribution is -2.53. The van der Waals surface area contributed by atoms with E-state index >= 15 is 0 Å². The van der Waals surface area contributed by atoms with E-state index in [4.69, 9.17) is 5.73 Å². The lowest BCUT2D eigenvalue weighted by Gasteiger charge is -2.29. The highest BCUT2D eigenvalue weighted by atomic mass is 35.5. The number of amides is 1. The molecule has 0 spiro atoms. The van der Waals surface area contributed by atoms with Gasteiger partial charge >= 0.3 is 0 Å². The predicted octanol–water partition coefficient (Wildman–Crippen LogP) is 2.40. The first-order valence-electron chi connectivity index (χ1n) is 6.63. The third-order valence-corrected chi connectivity index (χ3v) is 4.50. The number of nitrogens with one attached hydrogen (secondary N) is 1. The molecule has 1 heterocycles. The zero-order chi connectivity index (χ0) is 13.7. The number of hydrogen-bond acceptors (Lipinski definition) is 4. The van der Waals surface area contributed by atoms with E-state index in [-0.39, 0.29) is 36.3 Å². The van der Waals surface area contributed by atoms with Gasteiger partial charge in [-0.2, -0.15) is 0 Å². The van der Waals surface area contributed by atoms with Crippen LogP contribution in [-0.4, -0.2) is 28.7 Å². The number of carbonyl (C=O) groups is 1. The number of hydrogen-bond donors (Lipinski definition) is 2. The third-order valence-electron chi connectivity index (χ3n) is 3.54. The Labute approximate surface area is 142 Å². The van der Waals surface area contributed by atoms with Crippen LogP contribution in [0.3, 0.4) is 0 Å². The number of nitrogens with two attached hydrogens (primary N) is 1. The van der Waals surface area contributed by atoms with Gasteiger partial charge in [-0.1, -0.05) is 6.07 Å². The maximum Gasteiger partial charge on any atom is 0.230 e. The van der Waals surface area contributed by atoms with E-state index in [1.807, 2.05) is 25.1 Å². The van der Waals surface area contributed by atoms with E-state index in [0.717, 1.165) is 11.4 Å². The van der Waals surface area contributed by atoms with Gasteiger partial charge in [0.25, 0.3) is 0 Å². The summed E-state index contributed by atoms with van der Waals surface area (Å²) in [5, 5.41) is 3.09. The van der Waals surface area contributed by atoms with Crippen molar-refractivity contribution < 1.29 is 4.79 Å². The number of halogens is 2. The van der Waals surface area contributed by atoms with E-state index in [9.17, 15) is 4.79 Å². The molecular formula is C14H23Cl2N3OS. The van der Waals surface area contributed by atoms with Crippen LogP contribution in [0, 0.1) is 5.92 Å². The van der Waals surface area contributed by atoms with Gasteiger partial charge in [-0.3, -0.25) is 9.78 Å². The summed E-state index contributed by atoms with van der Waals surface area (Å²) in [6.07, 6.45) is 4.12. The molecule has 1 aromatic rings. The fourth-order valence-electron chi connectivity index (χ4n) is 2.13. The second-order valence-electron chi connectivity index (χ2n) is 5.26. The smallest absolute Gasteiger partial charge is 0.230 e. The summed E-state index contributed by atoms with van der Waals surface area (Å²) in [7, 11) is 0. The average Bonchev–Trinajstić information content (AvgIpc) is 3.24. The number of carbonyl (C=O) groups excluding carboxylic acids is 1. The molecule has 1 aromatic heterocycles. The van der Waals surface area contributed by atoms with E-state index < -0.39 is 0 Å². The van der Waals surface area contributed by atoms with Crippen molar-refractivity contribution in [2.75, 3.05) is 12.3 Å². The van der Waals surface area contributed by atoms with Gasteiger partial charge in [-0.25, -0.2) is 0 Å². The number of aromatic nitrogens is 1. The molecule has 3 N–H and O–H groups in total. The van der Waals surface area contributed by atoms with Crippen LogP contribution in [0.4, 0.5) is 0 Å². The first-order valence-corrected chi connectivity index (χ1v) is 7.78. The van der Waals surface area contributed by atoms with Gasteiger partial charge in [0, 0.05) is 18.5 Å². The highest BCUT2D eigenvalue weighted by Gasteiger charge is 2.41. The Kier molecular flexibility index (Phi) is 9.29. The van der Waals surface area contributed by atoms with Crippen molar-refractivity contribution in [1.82, 2.24) is 10.3 Å². The van der Waals surface area contributed by atoms with Gasteiger partial charge < -0.3 is 11.1 Å². The Bertz CT molecular complexity index is 431. The molecule has 7 heteroatoms. The monoisotopic (exact) mass is 351 g/mol. The van der Waals surface area contributed by atoms with Gasteiger partial charge in [0.2, 0.25) is 5.91 Å². The molecule has 0 bridgehead atoms. The van der Waals surface area contributed by atoms with Crippen LogP contribution in [0.15, 0.2) is 24.4 Å². The Morgan fingerprint density at radius 3 is 2.71 bits per heavy atom. The summed E-state index contributed by atoms with van der Waals surface area (Å²) in [6.45, 7) is 2.56. The normalized spacial score (nSPS) is 16.1. The van der Waals surface area contributed by atoms with Crippen molar-refractivity contribution in [3.05, 3.63) is 30.1 Å². The van der Waals surface area contributed by atoms with E-state index in [1.165, 1.54) is 12.8 Å². The molecule has 0 radical (unpaired) electrons. The molecule has 1 saturated carbocycles. The molecule has 0 aromatic carbocycles. The predicted molar refractivity (Wildman–Crippen MR) is 93.2 cm³/mol. The summed E-state index contributed by atoms with van der Waals surface area (Å²) in [5.41, 5.74) is 6.57. The maximum atomic E-state index is 11.9. The highest BCUT2D eigenvalue weighted by molar-refractivity contribution is 7.99. The zero-order valence-electron chi connectivity index (χ0n) is 12.1. The van der Waals surface area contributed by atoms with Crippen LogP contribution >= 0.6 is 36.6 Å². The molecule has 1 aliphatic carbocycles. The number of nitrogens with zero attached hydrogens (tertiary/aromatic N) is 1. The van der Waals surface area contributed by atoms with E-state index in [1.54, 1.807) is 18.0 Å². The quantitative estimate of drug-likeness (QED) is 0.791. The van der Waals surface area contributed by atoms with Crippen molar-refractivity contribution in [2.24, 2.45) is 11.7 Å². The van der Waals surface area contributed by atoms with Gasteiger partial charge in [0.15, 0.2) is 0 Å². The van der Waals surface area contributed by atoms with Gasteiger partial charge in [-0.05, 0) is 37.8 Å².